The number of nitrogens with zero attached hydrogens (tertiary/aromatic N) is 1. The Morgan fingerprint density at radius 3 is 2.67 bits per heavy atom. The zero-order chi connectivity index (χ0) is 17.5. The average molecular weight is 329 g/mol. The highest BCUT2D eigenvalue weighted by Gasteiger charge is 2.11. The van der Waals surface area contributed by atoms with Crippen LogP contribution in [-0.4, -0.2) is 31.2 Å². The molecular formula is C17H19N3O4. The first kappa shape index (κ1) is 17.3. The minimum absolute atomic E-state index is 0.168. The highest BCUT2D eigenvalue weighted by Crippen LogP contribution is 2.25. The first-order valence-corrected chi connectivity index (χ1v) is 7.26. The number of hydrogen-bond donors (Lipinski definition) is 2. The fourth-order valence-corrected chi connectivity index (χ4v) is 2.06. The van der Waals surface area contributed by atoms with Crippen LogP contribution in [0.1, 0.15) is 21.6 Å². The van der Waals surface area contributed by atoms with E-state index in [-0.39, 0.29) is 12.5 Å². The molecule has 1 heterocycles. The number of ether oxygens (including phenoxy) is 2. The van der Waals surface area contributed by atoms with E-state index in [2.05, 4.69) is 20.4 Å². The molecule has 0 fully saturated rings. The van der Waals surface area contributed by atoms with E-state index in [1.807, 2.05) is 19.1 Å². The van der Waals surface area contributed by atoms with Crippen molar-refractivity contribution in [2.75, 3.05) is 19.5 Å². The zero-order valence-electron chi connectivity index (χ0n) is 13.8. The first-order valence-electron chi connectivity index (χ1n) is 7.26. The maximum atomic E-state index is 12.4. The maximum absolute atomic E-state index is 12.4. The summed E-state index contributed by atoms with van der Waals surface area (Å²) >= 11 is 0. The van der Waals surface area contributed by atoms with Crippen LogP contribution >= 0.6 is 0 Å². The molecule has 0 saturated carbocycles. The van der Waals surface area contributed by atoms with Crippen LogP contribution in [0.5, 0.6) is 5.75 Å². The van der Waals surface area contributed by atoms with Gasteiger partial charge in [0.2, 0.25) is 0 Å². The molecule has 7 nitrogen and oxygen atoms in total. The molecule has 0 radical (unpaired) electrons. The third-order valence-corrected chi connectivity index (χ3v) is 3.28. The number of methoxy groups -OCH3 is 2. The number of anilines is 1. The van der Waals surface area contributed by atoms with Crippen LogP contribution in [0.3, 0.4) is 0 Å². The van der Waals surface area contributed by atoms with Gasteiger partial charge in [-0.05, 0) is 36.8 Å². The zero-order valence-corrected chi connectivity index (χ0v) is 13.8. The summed E-state index contributed by atoms with van der Waals surface area (Å²) in [5.74, 6) is 0.288. The van der Waals surface area contributed by atoms with Gasteiger partial charge in [-0.15, -0.1) is 0 Å². The minimum atomic E-state index is -0.559. The van der Waals surface area contributed by atoms with Crippen molar-refractivity contribution in [1.29, 1.82) is 0 Å². The molecule has 2 N–H and O–H groups in total. The predicted molar refractivity (Wildman–Crippen MR) is 89.2 cm³/mol. The number of aryl methyl sites for hydroxylation is 1. The Hall–Kier alpha value is -3.09. The van der Waals surface area contributed by atoms with Crippen LogP contribution in [0.15, 0.2) is 36.5 Å². The maximum Gasteiger partial charge on any atom is 0.407 e. The fraction of sp³-hybridized carbons (Fsp3) is 0.235. The van der Waals surface area contributed by atoms with Crippen LogP contribution < -0.4 is 15.4 Å². The van der Waals surface area contributed by atoms with Gasteiger partial charge in [-0.1, -0.05) is 6.07 Å². The summed E-state index contributed by atoms with van der Waals surface area (Å²) in [7, 11) is 2.82. The molecule has 0 bridgehead atoms. The summed E-state index contributed by atoms with van der Waals surface area (Å²) in [6.07, 6.45) is 0.951. The van der Waals surface area contributed by atoms with Crippen molar-refractivity contribution >= 4 is 17.7 Å². The topological polar surface area (TPSA) is 89.5 Å². The van der Waals surface area contributed by atoms with E-state index in [4.69, 9.17) is 4.74 Å². The monoisotopic (exact) mass is 329 g/mol. The van der Waals surface area contributed by atoms with Crippen molar-refractivity contribution in [2.45, 2.75) is 13.5 Å². The number of benzene rings is 1. The molecule has 0 atom stereocenters. The van der Waals surface area contributed by atoms with E-state index in [0.29, 0.717) is 22.7 Å². The molecule has 24 heavy (non-hydrogen) atoms. The lowest BCUT2D eigenvalue weighted by Crippen LogP contribution is -2.23. The lowest BCUT2D eigenvalue weighted by molar-refractivity contribution is 0.102. The number of nitrogens with one attached hydrogen (secondary N) is 2. The number of rotatable bonds is 5. The molecule has 0 aliphatic heterocycles. The van der Waals surface area contributed by atoms with Gasteiger partial charge >= 0.3 is 6.09 Å². The average Bonchev–Trinajstić information content (AvgIpc) is 2.60. The molecule has 2 amide bonds. The van der Waals surface area contributed by atoms with Gasteiger partial charge in [0.25, 0.3) is 5.91 Å². The lowest BCUT2D eigenvalue weighted by Gasteiger charge is -2.11. The summed E-state index contributed by atoms with van der Waals surface area (Å²) in [6.45, 7) is 2.10. The molecule has 2 rings (SSSR count). The Labute approximate surface area is 140 Å². The van der Waals surface area contributed by atoms with Gasteiger partial charge in [0.1, 0.15) is 5.75 Å². The third kappa shape index (κ3) is 4.45. The summed E-state index contributed by atoms with van der Waals surface area (Å²) in [5, 5.41) is 5.33. The van der Waals surface area contributed by atoms with Gasteiger partial charge in [-0.25, -0.2) is 4.79 Å². The Balaban J connectivity index is 2.13. The smallest absolute Gasteiger partial charge is 0.407 e. The van der Waals surface area contributed by atoms with Crippen molar-refractivity contribution in [3.63, 3.8) is 0 Å². The predicted octanol–water partition coefficient (Wildman–Crippen LogP) is 2.51. The van der Waals surface area contributed by atoms with Gasteiger partial charge in [-0.3, -0.25) is 9.78 Å². The number of alkyl carbamates (subject to hydrolysis) is 1. The molecule has 2 aromatic rings. The molecule has 0 aliphatic rings. The van der Waals surface area contributed by atoms with Gasteiger partial charge in [-0.2, -0.15) is 0 Å². The molecule has 1 aromatic carbocycles. The summed E-state index contributed by atoms with van der Waals surface area (Å²) in [5.41, 5.74) is 2.57. The van der Waals surface area contributed by atoms with Crippen LogP contribution in [0.25, 0.3) is 0 Å². The van der Waals surface area contributed by atoms with Gasteiger partial charge in [0.05, 0.1) is 32.1 Å². The van der Waals surface area contributed by atoms with E-state index >= 15 is 0 Å². The van der Waals surface area contributed by atoms with Gasteiger partial charge < -0.3 is 20.1 Å². The summed E-state index contributed by atoms with van der Waals surface area (Å²) in [6, 6.07) is 8.73. The Morgan fingerprint density at radius 1 is 1.17 bits per heavy atom. The summed E-state index contributed by atoms with van der Waals surface area (Å²) in [4.78, 5) is 27.6. The van der Waals surface area contributed by atoms with Crippen LogP contribution in [0.2, 0.25) is 0 Å². The fourth-order valence-electron chi connectivity index (χ4n) is 2.06. The lowest BCUT2D eigenvalue weighted by atomic mass is 10.1. The Bertz CT molecular complexity index is 746. The van der Waals surface area contributed by atoms with Crippen LogP contribution in [0, 0.1) is 6.92 Å². The van der Waals surface area contributed by atoms with Gasteiger partial charge in [0, 0.05) is 11.8 Å². The molecule has 7 heteroatoms. The standard InChI is InChI=1S/C17H19N3O4/c1-11-4-5-15(23-2)14(8-11)20-16(21)12-6-7-18-13(9-12)10-19-17(22)24-3/h4-9H,10H2,1-3H3,(H,19,22)(H,20,21). The number of amides is 2. The van der Waals surface area contributed by atoms with E-state index in [9.17, 15) is 9.59 Å². The van der Waals surface area contributed by atoms with E-state index in [0.717, 1.165) is 5.56 Å². The highest BCUT2D eigenvalue weighted by molar-refractivity contribution is 6.05. The molecule has 0 unspecified atom stereocenters. The van der Waals surface area contributed by atoms with Crippen molar-refractivity contribution in [3.05, 3.63) is 53.3 Å². The van der Waals surface area contributed by atoms with Gasteiger partial charge in [0.15, 0.2) is 0 Å². The second-order valence-electron chi connectivity index (χ2n) is 5.04. The third-order valence-electron chi connectivity index (χ3n) is 3.28. The number of carbonyl (C=O) groups excluding carboxylic acids is 2. The van der Waals surface area contributed by atoms with E-state index in [1.54, 1.807) is 25.3 Å². The molecular weight excluding hydrogens is 310 g/mol. The van der Waals surface area contributed by atoms with E-state index in [1.165, 1.54) is 13.3 Å². The molecule has 126 valence electrons. The van der Waals surface area contributed by atoms with Crippen LogP contribution in [0.4, 0.5) is 10.5 Å². The normalized spacial score (nSPS) is 9.96. The molecule has 0 saturated heterocycles. The number of carbonyl (C=O) groups is 2. The second kappa shape index (κ2) is 7.96. The molecule has 0 spiro atoms. The highest BCUT2D eigenvalue weighted by atomic mass is 16.5. The van der Waals surface area contributed by atoms with Crippen molar-refractivity contribution in [1.82, 2.24) is 10.3 Å². The van der Waals surface area contributed by atoms with Crippen molar-refractivity contribution in [2.24, 2.45) is 0 Å². The largest absolute Gasteiger partial charge is 0.495 e. The number of aromatic nitrogens is 1. The quantitative estimate of drug-likeness (QED) is 0.880. The Kier molecular flexibility index (Phi) is 5.73. The van der Waals surface area contributed by atoms with Crippen LogP contribution in [-0.2, 0) is 11.3 Å². The number of hydrogen-bond acceptors (Lipinski definition) is 5. The SMILES string of the molecule is COC(=O)NCc1cc(C(=O)Nc2cc(C)ccc2OC)ccn1. The Morgan fingerprint density at radius 2 is 1.96 bits per heavy atom. The van der Waals surface area contributed by atoms with Crippen molar-refractivity contribution < 1.29 is 19.1 Å². The first-order chi connectivity index (χ1) is 11.5. The second-order valence-corrected chi connectivity index (χ2v) is 5.04. The van der Waals surface area contributed by atoms with E-state index < -0.39 is 6.09 Å². The summed E-state index contributed by atoms with van der Waals surface area (Å²) < 4.78 is 9.74. The minimum Gasteiger partial charge on any atom is -0.495 e. The van der Waals surface area contributed by atoms with Crippen molar-refractivity contribution in [3.8, 4) is 5.75 Å². The number of pyridine rings is 1. The molecule has 1 aromatic heterocycles. The molecule has 0 aliphatic carbocycles.